The van der Waals surface area contributed by atoms with Crippen LogP contribution in [-0.2, 0) is 0 Å². The van der Waals surface area contributed by atoms with Gasteiger partial charge in [-0.15, -0.1) is 0 Å². The maximum Gasteiger partial charge on any atom is 0.166 e. The normalized spacial score (nSPS) is 10.3. The molecular formula is C11H7F2NO. The summed E-state index contributed by atoms with van der Waals surface area (Å²) in [6.45, 7) is 0. The van der Waals surface area contributed by atoms with Gasteiger partial charge in [-0.25, -0.2) is 8.78 Å². The molecule has 0 aliphatic carbocycles. The summed E-state index contributed by atoms with van der Waals surface area (Å²) in [4.78, 5) is 3.69. The lowest BCUT2D eigenvalue weighted by Crippen LogP contribution is -1.89. The molecule has 2 aromatic rings. The molecule has 0 aliphatic rings. The van der Waals surface area contributed by atoms with Gasteiger partial charge >= 0.3 is 0 Å². The number of aromatic hydroxyl groups is 1. The highest BCUT2D eigenvalue weighted by Gasteiger charge is 2.09. The molecule has 15 heavy (non-hydrogen) atoms. The van der Waals surface area contributed by atoms with E-state index < -0.39 is 11.6 Å². The number of halogens is 2. The van der Waals surface area contributed by atoms with Crippen molar-refractivity contribution in [3.63, 3.8) is 0 Å². The lowest BCUT2D eigenvalue weighted by atomic mass is 10.1. The van der Waals surface area contributed by atoms with Crippen molar-refractivity contribution in [2.75, 3.05) is 0 Å². The van der Waals surface area contributed by atoms with Crippen molar-refractivity contribution < 1.29 is 13.9 Å². The molecule has 1 N–H and O–H groups in total. The average Bonchev–Trinajstić information content (AvgIpc) is 2.22. The van der Waals surface area contributed by atoms with Crippen LogP contribution in [0, 0.1) is 11.6 Å². The first-order valence-electron chi connectivity index (χ1n) is 4.27. The molecular weight excluding hydrogens is 200 g/mol. The Kier molecular flexibility index (Phi) is 2.33. The van der Waals surface area contributed by atoms with Crippen LogP contribution in [0.1, 0.15) is 0 Å². The van der Waals surface area contributed by atoms with E-state index in [2.05, 4.69) is 4.98 Å². The van der Waals surface area contributed by atoms with E-state index in [1.165, 1.54) is 30.6 Å². The third-order valence-corrected chi connectivity index (χ3v) is 1.99. The Morgan fingerprint density at radius 3 is 2.67 bits per heavy atom. The standard InChI is InChI=1S/C11H7F2NO/c12-10-3-1-2-9(11(10)13)7-4-8(15)6-14-5-7/h1-6,15H. The molecule has 0 radical (unpaired) electrons. The molecule has 76 valence electrons. The SMILES string of the molecule is Oc1cncc(-c2cccc(F)c2F)c1. The number of nitrogens with zero attached hydrogens (tertiary/aromatic N) is 1. The molecule has 4 heteroatoms. The molecule has 0 saturated carbocycles. The summed E-state index contributed by atoms with van der Waals surface area (Å²) in [5.41, 5.74) is 0.422. The van der Waals surface area contributed by atoms with E-state index in [1.54, 1.807) is 0 Å². The number of aromatic nitrogens is 1. The zero-order chi connectivity index (χ0) is 10.8. The lowest BCUT2D eigenvalue weighted by molar-refractivity contribution is 0.472. The number of pyridine rings is 1. The average molecular weight is 207 g/mol. The van der Waals surface area contributed by atoms with Gasteiger partial charge in [-0.3, -0.25) is 4.98 Å². The first kappa shape index (κ1) is 9.58. The van der Waals surface area contributed by atoms with Crippen molar-refractivity contribution >= 4 is 0 Å². The minimum atomic E-state index is -0.940. The van der Waals surface area contributed by atoms with E-state index in [0.29, 0.717) is 5.56 Å². The van der Waals surface area contributed by atoms with Crippen LogP contribution in [0.4, 0.5) is 8.78 Å². The molecule has 2 nitrogen and oxygen atoms in total. The molecule has 0 unspecified atom stereocenters. The summed E-state index contributed by atoms with van der Waals surface area (Å²) >= 11 is 0. The van der Waals surface area contributed by atoms with Crippen LogP contribution < -0.4 is 0 Å². The highest BCUT2D eigenvalue weighted by Crippen LogP contribution is 2.25. The van der Waals surface area contributed by atoms with Crippen LogP contribution in [-0.4, -0.2) is 10.1 Å². The molecule has 0 amide bonds. The minimum absolute atomic E-state index is 0.0819. The number of rotatable bonds is 1. The van der Waals surface area contributed by atoms with Crippen molar-refractivity contribution in [2.24, 2.45) is 0 Å². The Labute approximate surface area is 84.8 Å². The third kappa shape index (κ3) is 1.79. The van der Waals surface area contributed by atoms with E-state index in [1.807, 2.05) is 0 Å². The van der Waals surface area contributed by atoms with Gasteiger partial charge < -0.3 is 5.11 Å². The molecule has 0 spiro atoms. The summed E-state index contributed by atoms with van der Waals surface area (Å²) in [5.74, 6) is -1.95. The number of benzene rings is 1. The van der Waals surface area contributed by atoms with Gasteiger partial charge in [0.05, 0.1) is 6.20 Å². The summed E-state index contributed by atoms with van der Waals surface area (Å²) in [6.07, 6.45) is 2.58. The van der Waals surface area contributed by atoms with Crippen molar-refractivity contribution in [3.05, 3.63) is 48.3 Å². The molecule has 1 aromatic heterocycles. The highest BCUT2D eigenvalue weighted by molar-refractivity contribution is 5.64. The van der Waals surface area contributed by atoms with Gasteiger partial charge in [0.25, 0.3) is 0 Å². The van der Waals surface area contributed by atoms with Crippen molar-refractivity contribution in [2.45, 2.75) is 0 Å². The molecule has 2 rings (SSSR count). The molecule has 0 atom stereocenters. The second-order valence-electron chi connectivity index (χ2n) is 3.03. The molecule has 0 aliphatic heterocycles. The molecule has 0 fully saturated rings. The Morgan fingerprint density at radius 2 is 1.93 bits per heavy atom. The van der Waals surface area contributed by atoms with E-state index in [4.69, 9.17) is 5.11 Å². The fraction of sp³-hybridized carbons (Fsp3) is 0. The van der Waals surface area contributed by atoms with E-state index in [9.17, 15) is 8.78 Å². The summed E-state index contributed by atoms with van der Waals surface area (Å²) in [5, 5.41) is 9.16. The maximum absolute atomic E-state index is 13.3. The van der Waals surface area contributed by atoms with Crippen molar-refractivity contribution in [1.82, 2.24) is 4.98 Å². The third-order valence-electron chi connectivity index (χ3n) is 1.99. The Morgan fingerprint density at radius 1 is 1.13 bits per heavy atom. The van der Waals surface area contributed by atoms with Gasteiger partial charge in [0.1, 0.15) is 5.75 Å². The fourth-order valence-electron chi connectivity index (χ4n) is 1.30. The van der Waals surface area contributed by atoms with Crippen molar-refractivity contribution in [1.29, 1.82) is 0 Å². The van der Waals surface area contributed by atoms with Gasteiger partial charge in [-0.2, -0.15) is 0 Å². The minimum Gasteiger partial charge on any atom is -0.506 e. The van der Waals surface area contributed by atoms with Gasteiger partial charge in [0.15, 0.2) is 11.6 Å². The lowest BCUT2D eigenvalue weighted by Gasteiger charge is -2.03. The topological polar surface area (TPSA) is 33.1 Å². The molecule has 1 heterocycles. The predicted molar refractivity (Wildman–Crippen MR) is 51.3 cm³/mol. The summed E-state index contributed by atoms with van der Waals surface area (Å²) in [6, 6.07) is 5.19. The van der Waals surface area contributed by atoms with Gasteiger partial charge in [-0.05, 0) is 12.1 Å². The van der Waals surface area contributed by atoms with E-state index >= 15 is 0 Å². The number of hydrogen-bond donors (Lipinski definition) is 1. The van der Waals surface area contributed by atoms with Crippen LogP contribution in [0.15, 0.2) is 36.7 Å². The predicted octanol–water partition coefficient (Wildman–Crippen LogP) is 2.73. The summed E-state index contributed by atoms with van der Waals surface area (Å²) in [7, 11) is 0. The highest BCUT2D eigenvalue weighted by atomic mass is 19.2. The molecule has 1 aromatic carbocycles. The molecule has 0 saturated heterocycles. The largest absolute Gasteiger partial charge is 0.506 e. The van der Waals surface area contributed by atoms with E-state index in [0.717, 1.165) is 6.07 Å². The Bertz CT molecular complexity index is 500. The maximum atomic E-state index is 13.3. The van der Waals surface area contributed by atoms with Crippen molar-refractivity contribution in [3.8, 4) is 16.9 Å². The Balaban J connectivity index is 2.59. The van der Waals surface area contributed by atoms with Crippen LogP contribution in [0.2, 0.25) is 0 Å². The smallest absolute Gasteiger partial charge is 0.166 e. The van der Waals surface area contributed by atoms with Crippen LogP contribution >= 0.6 is 0 Å². The fourth-order valence-corrected chi connectivity index (χ4v) is 1.30. The first-order chi connectivity index (χ1) is 7.18. The second-order valence-corrected chi connectivity index (χ2v) is 3.03. The van der Waals surface area contributed by atoms with Gasteiger partial charge in [-0.1, -0.05) is 12.1 Å². The second kappa shape index (κ2) is 3.65. The van der Waals surface area contributed by atoms with Gasteiger partial charge in [0, 0.05) is 17.3 Å². The zero-order valence-corrected chi connectivity index (χ0v) is 7.61. The van der Waals surface area contributed by atoms with E-state index in [-0.39, 0.29) is 11.3 Å². The van der Waals surface area contributed by atoms with Crippen LogP contribution in [0.5, 0.6) is 5.75 Å². The Hall–Kier alpha value is -1.97. The quantitative estimate of drug-likeness (QED) is 0.779. The van der Waals surface area contributed by atoms with Gasteiger partial charge in [0.2, 0.25) is 0 Å². The van der Waals surface area contributed by atoms with Crippen LogP contribution in [0.25, 0.3) is 11.1 Å². The van der Waals surface area contributed by atoms with Crippen LogP contribution in [0.3, 0.4) is 0 Å². The first-order valence-corrected chi connectivity index (χ1v) is 4.27. The monoisotopic (exact) mass is 207 g/mol. The summed E-state index contributed by atoms with van der Waals surface area (Å²) < 4.78 is 26.2. The number of hydrogen-bond acceptors (Lipinski definition) is 2. The molecule has 0 bridgehead atoms. The zero-order valence-electron chi connectivity index (χ0n) is 7.61.